The fourth-order valence-electron chi connectivity index (χ4n) is 2.85. The largest absolute Gasteiger partial charge is 0.282 e. The standard InChI is InChI=1S/C20H15N3O3S2/c24-19-18-17(9-10-27-18)21-20(22(19)12-14-5-2-1-3-6-14)28-13-15-7-4-8-16(11-15)23(25)26/h1-11H,12-13H2. The van der Waals surface area contributed by atoms with Gasteiger partial charge in [-0.05, 0) is 22.6 Å². The van der Waals surface area contributed by atoms with Gasteiger partial charge in [0.15, 0.2) is 5.16 Å². The molecule has 0 radical (unpaired) electrons. The van der Waals surface area contributed by atoms with Crippen molar-refractivity contribution in [1.82, 2.24) is 9.55 Å². The fourth-order valence-corrected chi connectivity index (χ4v) is 4.57. The molecule has 6 nitrogen and oxygen atoms in total. The van der Waals surface area contributed by atoms with Crippen molar-refractivity contribution >= 4 is 39.0 Å². The van der Waals surface area contributed by atoms with Crippen molar-refractivity contribution in [3.8, 4) is 0 Å². The Hall–Kier alpha value is -2.97. The molecule has 2 aromatic carbocycles. The predicted molar refractivity (Wildman–Crippen MR) is 112 cm³/mol. The van der Waals surface area contributed by atoms with Crippen molar-refractivity contribution < 1.29 is 4.92 Å². The molecule has 2 heterocycles. The average Bonchev–Trinajstić information content (AvgIpc) is 3.18. The molecular weight excluding hydrogens is 394 g/mol. The number of fused-ring (bicyclic) bond motifs is 1. The van der Waals surface area contributed by atoms with Crippen LogP contribution in [0, 0.1) is 10.1 Å². The molecule has 2 aromatic heterocycles. The third-order valence-electron chi connectivity index (χ3n) is 4.20. The van der Waals surface area contributed by atoms with Crippen LogP contribution < -0.4 is 5.56 Å². The van der Waals surface area contributed by atoms with E-state index in [9.17, 15) is 14.9 Å². The highest BCUT2D eigenvalue weighted by Gasteiger charge is 2.14. The molecule has 0 bridgehead atoms. The number of non-ortho nitro benzene ring substituents is 1. The summed E-state index contributed by atoms with van der Waals surface area (Å²) in [6, 6.07) is 18.1. The van der Waals surface area contributed by atoms with Gasteiger partial charge >= 0.3 is 0 Å². The van der Waals surface area contributed by atoms with Crippen LogP contribution in [0.1, 0.15) is 11.1 Å². The number of nitro benzene ring substituents is 1. The summed E-state index contributed by atoms with van der Waals surface area (Å²) in [6.45, 7) is 0.428. The van der Waals surface area contributed by atoms with Crippen LogP contribution in [0.25, 0.3) is 10.2 Å². The van der Waals surface area contributed by atoms with Gasteiger partial charge in [0.2, 0.25) is 0 Å². The van der Waals surface area contributed by atoms with Crippen LogP contribution in [0.4, 0.5) is 5.69 Å². The molecular formula is C20H15N3O3S2. The Morgan fingerprint density at radius 2 is 1.86 bits per heavy atom. The number of aromatic nitrogens is 2. The molecule has 0 atom stereocenters. The Labute approximate surface area is 168 Å². The van der Waals surface area contributed by atoms with E-state index < -0.39 is 4.92 Å². The summed E-state index contributed by atoms with van der Waals surface area (Å²) in [5.74, 6) is 0.485. The molecule has 4 aromatic rings. The number of nitrogens with zero attached hydrogens (tertiary/aromatic N) is 3. The Bertz CT molecular complexity index is 1200. The van der Waals surface area contributed by atoms with Crippen molar-refractivity contribution in [2.75, 3.05) is 0 Å². The van der Waals surface area contributed by atoms with E-state index in [1.165, 1.54) is 29.2 Å². The first-order chi connectivity index (χ1) is 13.6. The maximum atomic E-state index is 13.0. The molecule has 140 valence electrons. The lowest BCUT2D eigenvalue weighted by Gasteiger charge is -2.12. The minimum absolute atomic E-state index is 0.0565. The van der Waals surface area contributed by atoms with E-state index in [0.29, 0.717) is 27.7 Å². The lowest BCUT2D eigenvalue weighted by molar-refractivity contribution is -0.384. The minimum Gasteiger partial charge on any atom is -0.282 e. The number of rotatable bonds is 6. The lowest BCUT2D eigenvalue weighted by Crippen LogP contribution is -2.23. The second-order valence-electron chi connectivity index (χ2n) is 6.12. The number of benzene rings is 2. The van der Waals surface area contributed by atoms with E-state index in [0.717, 1.165) is 11.1 Å². The van der Waals surface area contributed by atoms with E-state index >= 15 is 0 Å². The fraction of sp³-hybridized carbons (Fsp3) is 0.100. The van der Waals surface area contributed by atoms with Crippen molar-refractivity contribution in [2.24, 2.45) is 0 Å². The summed E-state index contributed by atoms with van der Waals surface area (Å²) in [5.41, 5.74) is 2.50. The van der Waals surface area contributed by atoms with Gasteiger partial charge in [0, 0.05) is 17.9 Å². The summed E-state index contributed by atoms with van der Waals surface area (Å²) >= 11 is 2.79. The van der Waals surface area contributed by atoms with Crippen LogP contribution in [0.5, 0.6) is 0 Å². The lowest BCUT2D eigenvalue weighted by atomic mass is 10.2. The predicted octanol–water partition coefficient (Wildman–Crippen LogP) is 4.71. The molecule has 8 heteroatoms. The molecule has 4 rings (SSSR count). The van der Waals surface area contributed by atoms with Gasteiger partial charge in [0.25, 0.3) is 11.2 Å². The Balaban J connectivity index is 1.69. The van der Waals surface area contributed by atoms with Crippen molar-refractivity contribution in [3.05, 3.63) is 97.6 Å². The molecule has 0 fully saturated rings. The first-order valence-corrected chi connectivity index (χ1v) is 10.4. The molecule has 0 aliphatic carbocycles. The Morgan fingerprint density at radius 3 is 2.64 bits per heavy atom. The quantitative estimate of drug-likeness (QED) is 0.199. The molecule has 0 amide bonds. The van der Waals surface area contributed by atoms with Gasteiger partial charge in [0.1, 0.15) is 4.70 Å². The zero-order chi connectivity index (χ0) is 19.5. The van der Waals surface area contributed by atoms with Crippen LogP contribution >= 0.6 is 23.1 Å². The number of thioether (sulfide) groups is 1. The molecule has 0 unspecified atom stereocenters. The molecule has 0 N–H and O–H groups in total. The minimum atomic E-state index is -0.408. The Kier molecular flexibility index (Phi) is 5.23. The zero-order valence-electron chi connectivity index (χ0n) is 14.6. The third kappa shape index (κ3) is 3.83. The number of thiophene rings is 1. The van der Waals surface area contributed by atoms with Crippen LogP contribution in [0.15, 0.2) is 76.0 Å². The van der Waals surface area contributed by atoms with Crippen LogP contribution in [0.3, 0.4) is 0 Å². The van der Waals surface area contributed by atoms with Gasteiger partial charge < -0.3 is 0 Å². The third-order valence-corrected chi connectivity index (χ3v) is 6.14. The van der Waals surface area contributed by atoms with E-state index in [1.54, 1.807) is 16.7 Å². The van der Waals surface area contributed by atoms with Crippen LogP contribution in [0.2, 0.25) is 0 Å². The summed E-state index contributed by atoms with van der Waals surface area (Å²) in [5, 5.41) is 13.5. The summed E-state index contributed by atoms with van der Waals surface area (Å²) in [7, 11) is 0. The number of hydrogen-bond donors (Lipinski definition) is 0. The van der Waals surface area contributed by atoms with Gasteiger partial charge in [-0.1, -0.05) is 54.2 Å². The molecule has 0 saturated carbocycles. The van der Waals surface area contributed by atoms with E-state index in [4.69, 9.17) is 0 Å². The molecule has 0 aliphatic rings. The van der Waals surface area contributed by atoms with Crippen molar-refractivity contribution in [1.29, 1.82) is 0 Å². The average molecular weight is 409 g/mol. The van der Waals surface area contributed by atoms with Gasteiger partial charge in [-0.25, -0.2) is 4.98 Å². The highest BCUT2D eigenvalue weighted by molar-refractivity contribution is 7.98. The van der Waals surface area contributed by atoms with Crippen molar-refractivity contribution in [2.45, 2.75) is 17.5 Å². The van der Waals surface area contributed by atoms with Gasteiger partial charge in [-0.2, -0.15) is 0 Å². The van der Waals surface area contributed by atoms with Crippen LogP contribution in [-0.4, -0.2) is 14.5 Å². The maximum Gasteiger partial charge on any atom is 0.272 e. The summed E-state index contributed by atoms with van der Waals surface area (Å²) < 4.78 is 2.31. The smallest absolute Gasteiger partial charge is 0.272 e. The summed E-state index contributed by atoms with van der Waals surface area (Å²) in [4.78, 5) is 28.2. The highest BCUT2D eigenvalue weighted by atomic mass is 32.2. The highest BCUT2D eigenvalue weighted by Crippen LogP contribution is 2.26. The first-order valence-electron chi connectivity index (χ1n) is 8.50. The summed E-state index contributed by atoms with van der Waals surface area (Å²) in [6.07, 6.45) is 0. The topological polar surface area (TPSA) is 78.0 Å². The molecule has 0 aliphatic heterocycles. The van der Waals surface area contributed by atoms with E-state index in [2.05, 4.69) is 4.98 Å². The Morgan fingerprint density at radius 1 is 1.07 bits per heavy atom. The normalized spacial score (nSPS) is 11.0. The second-order valence-corrected chi connectivity index (χ2v) is 7.98. The number of hydrogen-bond acceptors (Lipinski definition) is 6. The molecule has 0 saturated heterocycles. The second kappa shape index (κ2) is 7.95. The van der Waals surface area contributed by atoms with E-state index in [-0.39, 0.29) is 11.2 Å². The molecule has 0 spiro atoms. The van der Waals surface area contributed by atoms with Gasteiger partial charge in [-0.3, -0.25) is 19.5 Å². The van der Waals surface area contributed by atoms with Gasteiger partial charge in [0.05, 0.1) is 17.0 Å². The van der Waals surface area contributed by atoms with E-state index in [1.807, 2.05) is 47.8 Å². The molecule has 28 heavy (non-hydrogen) atoms. The monoisotopic (exact) mass is 409 g/mol. The maximum absolute atomic E-state index is 13.0. The van der Waals surface area contributed by atoms with Crippen LogP contribution in [-0.2, 0) is 12.3 Å². The number of nitro groups is 1. The zero-order valence-corrected chi connectivity index (χ0v) is 16.3. The van der Waals surface area contributed by atoms with Crippen molar-refractivity contribution in [3.63, 3.8) is 0 Å². The SMILES string of the molecule is O=c1c2sccc2nc(SCc2cccc([N+](=O)[O-])c2)n1Cc1ccccc1. The van der Waals surface area contributed by atoms with Gasteiger partial charge in [-0.15, -0.1) is 11.3 Å². The first kappa shape index (κ1) is 18.4.